The SMILES string of the molecule is NCC1CC(=O)N(c2ccc3ncsc3c2)C1. The van der Waals surface area contributed by atoms with Gasteiger partial charge in [-0.1, -0.05) is 0 Å². The van der Waals surface area contributed by atoms with E-state index >= 15 is 0 Å². The third kappa shape index (κ3) is 1.81. The summed E-state index contributed by atoms with van der Waals surface area (Å²) in [6.07, 6.45) is 0.567. The van der Waals surface area contributed by atoms with E-state index in [2.05, 4.69) is 4.98 Å². The van der Waals surface area contributed by atoms with Crippen molar-refractivity contribution in [2.45, 2.75) is 6.42 Å². The third-order valence-electron chi connectivity index (χ3n) is 3.16. The number of nitrogens with zero attached hydrogens (tertiary/aromatic N) is 2. The average Bonchev–Trinajstić information content (AvgIpc) is 2.93. The zero-order valence-corrected chi connectivity index (χ0v) is 10.1. The minimum Gasteiger partial charge on any atom is -0.330 e. The van der Waals surface area contributed by atoms with Gasteiger partial charge < -0.3 is 10.6 Å². The van der Waals surface area contributed by atoms with Crippen LogP contribution in [0.15, 0.2) is 23.7 Å². The molecule has 1 saturated heterocycles. The predicted octanol–water partition coefficient (Wildman–Crippen LogP) is 1.61. The van der Waals surface area contributed by atoms with Crippen molar-refractivity contribution in [1.82, 2.24) is 4.98 Å². The van der Waals surface area contributed by atoms with Gasteiger partial charge in [0.25, 0.3) is 0 Å². The summed E-state index contributed by atoms with van der Waals surface area (Å²) in [6.45, 7) is 1.31. The highest BCUT2D eigenvalue weighted by atomic mass is 32.1. The third-order valence-corrected chi connectivity index (χ3v) is 3.96. The number of carbonyl (C=O) groups is 1. The number of rotatable bonds is 2. The van der Waals surface area contributed by atoms with Crippen LogP contribution in [-0.4, -0.2) is 24.0 Å². The van der Waals surface area contributed by atoms with Crippen LogP contribution >= 0.6 is 11.3 Å². The van der Waals surface area contributed by atoms with Crippen LogP contribution in [0.1, 0.15) is 6.42 Å². The normalized spacial score (nSPS) is 20.4. The zero-order valence-electron chi connectivity index (χ0n) is 9.30. The first-order valence-corrected chi connectivity index (χ1v) is 6.49. The molecule has 88 valence electrons. The summed E-state index contributed by atoms with van der Waals surface area (Å²) in [5, 5.41) is 0. The van der Waals surface area contributed by atoms with Gasteiger partial charge >= 0.3 is 0 Å². The highest BCUT2D eigenvalue weighted by Gasteiger charge is 2.29. The second-order valence-electron chi connectivity index (χ2n) is 4.31. The summed E-state index contributed by atoms with van der Waals surface area (Å²) in [5.74, 6) is 0.462. The Hall–Kier alpha value is -1.46. The van der Waals surface area contributed by atoms with Crippen molar-refractivity contribution in [3.05, 3.63) is 23.7 Å². The van der Waals surface area contributed by atoms with Gasteiger partial charge in [0.15, 0.2) is 0 Å². The standard InChI is InChI=1S/C12H13N3OS/c13-5-8-3-12(16)15(6-8)9-1-2-10-11(4-9)17-7-14-10/h1-2,4,7-8H,3,5-6,13H2. The molecule has 2 aromatic rings. The van der Waals surface area contributed by atoms with Crippen molar-refractivity contribution in [2.24, 2.45) is 11.7 Å². The van der Waals surface area contributed by atoms with Gasteiger partial charge in [-0.25, -0.2) is 4.98 Å². The Morgan fingerprint density at radius 1 is 1.53 bits per heavy atom. The van der Waals surface area contributed by atoms with Crippen LogP contribution in [0.25, 0.3) is 10.2 Å². The Morgan fingerprint density at radius 2 is 2.41 bits per heavy atom. The van der Waals surface area contributed by atoms with E-state index in [1.54, 1.807) is 11.3 Å². The van der Waals surface area contributed by atoms with Crippen LogP contribution in [0.3, 0.4) is 0 Å². The van der Waals surface area contributed by atoms with Gasteiger partial charge in [0.05, 0.1) is 15.7 Å². The smallest absolute Gasteiger partial charge is 0.227 e. The van der Waals surface area contributed by atoms with E-state index in [4.69, 9.17) is 5.73 Å². The Kier molecular flexibility index (Phi) is 2.57. The molecule has 1 fully saturated rings. The monoisotopic (exact) mass is 247 g/mol. The van der Waals surface area contributed by atoms with E-state index in [0.717, 1.165) is 22.4 Å². The van der Waals surface area contributed by atoms with Crippen molar-refractivity contribution in [2.75, 3.05) is 18.0 Å². The average molecular weight is 247 g/mol. The number of benzene rings is 1. The van der Waals surface area contributed by atoms with Gasteiger partial charge in [-0.3, -0.25) is 4.79 Å². The van der Waals surface area contributed by atoms with E-state index < -0.39 is 0 Å². The first kappa shape index (κ1) is 10.7. The van der Waals surface area contributed by atoms with Gasteiger partial charge in [-0.15, -0.1) is 11.3 Å². The summed E-state index contributed by atoms with van der Waals surface area (Å²) in [5.41, 5.74) is 9.39. The molecule has 3 rings (SSSR count). The second kappa shape index (κ2) is 4.09. The Labute approximate surface area is 103 Å². The summed E-state index contributed by atoms with van der Waals surface area (Å²) in [7, 11) is 0. The van der Waals surface area contributed by atoms with Crippen LogP contribution in [-0.2, 0) is 4.79 Å². The van der Waals surface area contributed by atoms with Crippen molar-refractivity contribution in [3.63, 3.8) is 0 Å². The number of thiazole rings is 1. The van der Waals surface area contributed by atoms with Gasteiger partial charge in [0, 0.05) is 18.7 Å². The van der Waals surface area contributed by atoms with Gasteiger partial charge in [0.2, 0.25) is 5.91 Å². The fraction of sp³-hybridized carbons (Fsp3) is 0.333. The van der Waals surface area contributed by atoms with Crippen molar-refractivity contribution in [3.8, 4) is 0 Å². The number of amides is 1. The molecule has 1 unspecified atom stereocenters. The molecule has 0 radical (unpaired) electrons. The first-order valence-electron chi connectivity index (χ1n) is 5.61. The quantitative estimate of drug-likeness (QED) is 0.877. The van der Waals surface area contributed by atoms with E-state index in [9.17, 15) is 4.79 Å². The molecule has 0 saturated carbocycles. The molecular weight excluding hydrogens is 234 g/mol. The number of hydrogen-bond acceptors (Lipinski definition) is 4. The molecule has 2 N–H and O–H groups in total. The van der Waals surface area contributed by atoms with Crippen molar-refractivity contribution >= 4 is 33.1 Å². The van der Waals surface area contributed by atoms with Crippen LogP contribution in [0.5, 0.6) is 0 Å². The molecule has 1 aliphatic heterocycles. The predicted molar refractivity (Wildman–Crippen MR) is 69.1 cm³/mol. The number of nitrogens with two attached hydrogens (primary N) is 1. The topological polar surface area (TPSA) is 59.2 Å². The maximum Gasteiger partial charge on any atom is 0.227 e. The van der Waals surface area contributed by atoms with Gasteiger partial charge in [0.1, 0.15) is 0 Å². The van der Waals surface area contributed by atoms with E-state index in [0.29, 0.717) is 18.9 Å². The van der Waals surface area contributed by atoms with Gasteiger partial charge in [-0.2, -0.15) is 0 Å². The minimum absolute atomic E-state index is 0.171. The lowest BCUT2D eigenvalue weighted by molar-refractivity contribution is -0.117. The molecule has 17 heavy (non-hydrogen) atoms. The number of carbonyl (C=O) groups excluding carboxylic acids is 1. The van der Waals surface area contributed by atoms with Crippen LogP contribution in [0.2, 0.25) is 0 Å². The van der Waals surface area contributed by atoms with Crippen molar-refractivity contribution in [1.29, 1.82) is 0 Å². The minimum atomic E-state index is 0.171. The molecule has 0 spiro atoms. The van der Waals surface area contributed by atoms with Crippen molar-refractivity contribution < 1.29 is 4.79 Å². The molecule has 5 heteroatoms. The largest absolute Gasteiger partial charge is 0.330 e. The Morgan fingerprint density at radius 3 is 3.18 bits per heavy atom. The fourth-order valence-electron chi connectivity index (χ4n) is 2.20. The lowest BCUT2D eigenvalue weighted by Crippen LogP contribution is -2.25. The summed E-state index contributed by atoms with van der Waals surface area (Å²) in [4.78, 5) is 17.9. The highest BCUT2D eigenvalue weighted by Crippen LogP contribution is 2.28. The number of aromatic nitrogens is 1. The molecule has 1 aliphatic rings. The highest BCUT2D eigenvalue weighted by molar-refractivity contribution is 7.16. The molecule has 0 aliphatic carbocycles. The molecule has 4 nitrogen and oxygen atoms in total. The molecule has 1 aromatic carbocycles. The van der Waals surface area contributed by atoms with Crippen LogP contribution < -0.4 is 10.6 Å². The lowest BCUT2D eigenvalue weighted by atomic mass is 10.1. The second-order valence-corrected chi connectivity index (χ2v) is 5.20. The Balaban J connectivity index is 1.95. The van der Waals surface area contributed by atoms with Crippen LogP contribution in [0.4, 0.5) is 5.69 Å². The molecule has 1 aromatic heterocycles. The maximum atomic E-state index is 11.9. The molecule has 2 heterocycles. The summed E-state index contributed by atoms with van der Waals surface area (Å²) in [6, 6.07) is 5.95. The van der Waals surface area contributed by atoms with E-state index in [-0.39, 0.29) is 5.91 Å². The number of fused-ring (bicyclic) bond motifs is 1. The Bertz CT molecular complexity index is 566. The van der Waals surface area contributed by atoms with E-state index in [1.165, 1.54) is 0 Å². The molecular formula is C12H13N3OS. The number of anilines is 1. The first-order chi connectivity index (χ1) is 8.28. The zero-order chi connectivity index (χ0) is 11.8. The van der Waals surface area contributed by atoms with Crippen LogP contribution in [0, 0.1) is 5.92 Å². The molecule has 0 bridgehead atoms. The molecule has 1 atom stereocenters. The summed E-state index contributed by atoms with van der Waals surface area (Å²) >= 11 is 1.59. The lowest BCUT2D eigenvalue weighted by Gasteiger charge is -2.16. The number of hydrogen-bond donors (Lipinski definition) is 1. The van der Waals surface area contributed by atoms with Gasteiger partial charge in [-0.05, 0) is 30.7 Å². The fourth-order valence-corrected chi connectivity index (χ4v) is 2.91. The summed E-state index contributed by atoms with van der Waals surface area (Å²) < 4.78 is 1.12. The maximum absolute atomic E-state index is 11.9. The molecule has 1 amide bonds. The van der Waals surface area contributed by atoms with E-state index in [1.807, 2.05) is 28.6 Å².